The van der Waals surface area contributed by atoms with Crippen LogP contribution in [0.2, 0.25) is 0 Å². The van der Waals surface area contributed by atoms with Crippen LogP contribution in [0.5, 0.6) is 0 Å². The van der Waals surface area contributed by atoms with Crippen molar-refractivity contribution in [1.29, 1.82) is 0 Å². The fourth-order valence-electron chi connectivity index (χ4n) is 9.27. The maximum Gasteiger partial charge on any atom is 0.0541 e. The van der Waals surface area contributed by atoms with Crippen molar-refractivity contribution in [2.24, 2.45) is 0 Å². The molecule has 0 aliphatic heterocycles. The van der Waals surface area contributed by atoms with Crippen LogP contribution < -0.4 is 5.32 Å². The van der Waals surface area contributed by atoms with Gasteiger partial charge in [0.25, 0.3) is 0 Å². The summed E-state index contributed by atoms with van der Waals surface area (Å²) < 4.78 is 2.30. The van der Waals surface area contributed by atoms with Gasteiger partial charge in [-0.15, -0.1) is 0 Å². The molecule has 0 saturated carbocycles. The van der Waals surface area contributed by atoms with Crippen LogP contribution in [0.4, 0.5) is 11.4 Å². The average molecular weight is 1020 g/mol. The van der Waals surface area contributed by atoms with Crippen LogP contribution in [0, 0.1) is 0 Å². The zero-order valence-electron chi connectivity index (χ0n) is 46.9. The lowest BCUT2D eigenvalue weighted by Gasteiger charge is -2.13. The smallest absolute Gasteiger partial charge is 0.0541 e. The fraction of sp³-hybridized carbons (Fsp3) is 0.158. The third-order valence-corrected chi connectivity index (χ3v) is 13.8. The number of anilines is 2. The van der Waals surface area contributed by atoms with Crippen LogP contribution in [0.1, 0.15) is 103 Å². The summed E-state index contributed by atoms with van der Waals surface area (Å²) in [6.07, 6.45) is 24.7. The molecule has 9 aromatic rings. The van der Waals surface area contributed by atoms with Crippen molar-refractivity contribution in [1.82, 2.24) is 4.57 Å². The molecule has 394 valence electrons. The van der Waals surface area contributed by atoms with Crippen LogP contribution in [0.15, 0.2) is 257 Å². The van der Waals surface area contributed by atoms with E-state index >= 15 is 0 Å². The summed E-state index contributed by atoms with van der Waals surface area (Å²) >= 11 is 0. The van der Waals surface area contributed by atoms with Crippen molar-refractivity contribution >= 4 is 63.6 Å². The minimum atomic E-state index is 1.05. The van der Waals surface area contributed by atoms with E-state index in [1.807, 2.05) is 64.2 Å². The van der Waals surface area contributed by atoms with Gasteiger partial charge in [-0.05, 0) is 173 Å². The summed E-state index contributed by atoms with van der Waals surface area (Å²) in [6.45, 7) is 31.1. The number of nitrogens with one attached hydrogen (secondary N) is 1. The molecule has 1 aliphatic carbocycles. The average Bonchev–Trinajstić information content (AvgIpc) is 4.07. The van der Waals surface area contributed by atoms with Crippen LogP contribution in [0.25, 0.3) is 57.9 Å². The largest absolute Gasteiger partial charge is 0.356 e. The van der Waals surface area contributed by atoms with Gasteiger partial charge in [0.15, 0.2) is 0 Å². The molecule has 1 aliphatic rings. The number of hydrogen-bond donors (Lipinski definition) is 1. The van der Waals surface area contributed by atoms with Gasteiger partial charge < -0.3 is 9.88 Å². The van der Waals surface area contributed by atoms with Gasteiger partial charge in [0, 0.05) is 27.8 Å². The summed E-state index contributed by atoms with van der Waals surface area (Å²) in [5.74, 6) is 0. The Bertz CT molecular complexity index is 3330. The molecular weight excluding hydrogens is 941 g/mol. The highest BCUT2D eigenvalue weighted by molar-refractivity contribution is 6.10. The first-order valence-electron chi connectivity index (χ1n) is 27.8. The molecule has 1 N–H and O–H groups in total. The van der Waals surface area contributed by atoms with Crippen molar-refractivity contribution in [3.8, 4) is 5.69 Å². The van der Waals surface area contributed by atoms with Gasteiger partial charge in [-0.2, -0.15) is 0 Å². The summed E-state index contributed by atoms with van der Waals surface area (Å²) in [4.78, 5) is 0. The van der Waals surface area contributed by atoms with E-state index in [9.17, 15) is 0 Å². The summed E-state index contributed by atoms with van der Waals surface area (Å²) in [5.41, 5.74) is 21.3. The van der Waals surface area contributed by atoms with E-state index in [0.717, 1.165) is 85.1 Å². The Morgan fingerprint density at radius 1 is 0.359 bits per heavy atom. The molecule has 0 amide bonds. The van der Waals surface area contributed by atoms with Gasteiger partial charge >= 0.3 is 0 Å². The lowest BCUT2D eigenvalue weighted by Crippen LogP contribution is -1.96. The lowest BCUT2D eigenvalue weighted by atomic mass is 9.94. The van der Waals surface area contributed by atoms with E-state index in [0.29, 0.717) is 0 Å². The van der Waals surface area contributed by atoms with E-state index in [1.54, 1.807) is 0 Å². The molecule has 1 heterocycles. The quantitative estimate of drug-likeness (QED) is 0.0906. The van der Waals surface area contributed by atoms with E-state index in [-0.39, 0.29) is 0 Å². The minimum absolute atomic E-state index is 1.05. The van der Waals surface area contributed by atoms with E-state index in [1.165, 1.54) is 71.9 Å². The summed E-state index contributed by atoms with van der Waals surface area (Å²) in [6, 6.07) is 66.9. The Balaban J connectivity index is 0.000000193. The van der Waals surface area contributed by atoms with Crippen molar-refractivity contribution in [2.45, 2.75) is 79.1 Å². The SMILES string of the molecule is C=CC1=CC=C(CCc2ccc(Nc3ccc(CCc4ccc(C=C)cc4)cc3)cc2)CC1.C=Cc1ccc(-n2c3ccc(C=C)cc3c3cc(C=C)ccc32)cc1.C=Cc1ccc(CCc2ccccc2)cc1.CC.CC. The second-order valence-electron chi connectivity index (χ2n) is 18.8. The molecule has 0 fully saturated rings. The van der Waals surface area contributed by atoms with Gasteiger partial charge in [0.2, 0.25) is 0 Å². The number of benzene rings is 8. The number of allylic oxidation sites excluding steroid dienone is 5. The zero-order valence-corrected chi connectivity index (χ0v) is 46.9. The van der Waals surface area contributed by atoms with Gasteiger partial charge in [-0.3, -0.25) is 0 Å². The van der Waals surface area contributed by atoms with E-state index < -0.39 is 0 Å². The molecule has 0 spiro atoms. The number of fused-ring (bicyclic) bond motifs is 3. The first-order valence-corrected chi connectivity index (χ1v) is 27.8. The molecule has 0 radical (unpaired) electrons. The molecular formula is C76H80N2. The second-order valence-corrected chi connectivity index (χ2v) is 18.8. The van der Waals surface area contributed by atoms with Crippen LogP contribution in [-0.4, -0.2) is 4.57 Å². The van der Waals surface area contributed by atoms with Gasteiger partial charge in [0.05, 0.1) is 11.0 Å². The van der Waals surface area contributed by atoms with Gasteiger partial charge in [-0.1, -0.05) is 249 Å². The molecule has 0 atom stereocenters. The molecule has 2 nitrogen and oxygen atoms in total. The summed E-state index contributed by atoms with van der Waals surface area (Å²) in [7, 11) is 0. The zero-order chi connectivity index (χ0) is 55.5. The number of rotatable bonds is 18. The molecule has 78 heavy (non-hydrogen) atoms. The Hall–Kier alpha value is -8.72. The molecule has 0 unspecified atom stereocenters. The van der Waals surface area contributed by atoms with Crippen LogP contribution in [0.3, 0.4) is 0 Å². The molecule has 0 saturated heterocycles. The lowest BCUT2D eigenvalue weighted by molar-refractivity contribution is 0.826. The predicted molar refractivity (Wildman–Crippen MR) is 348 cm³/mol. The number of aromatic nitrogens is 1. The first-order chi connectivity index (χ1) is 38.3. The van der Waals surface area contributed by atoms with Crippen molar-refractivity contribution in [3.05, 3.63) is 313 Å². The summed E-state index contributed by atoms with van der Waals surface area (Å²) in [5, 5.41) is 5.98. The number of aryl methyl sites for hydroxylation is 5. The second kappa shape index (κ2) is 31.4. The monoisotopic (exact) mass is 1020 g/mol. The highest BCUT2D eigenvalue weighted by Crippen LogP contribution is 2.34. The maximum absolute atomic E-state index is 3.90. The number of nitrogens with zero attached hydrogens (tertiary/aromatic N) is 1. The molecule has 2 heteroatoms. The van der Waals surface area contributed by atoms with E-state index in [4.69, 9.17) is 0 Å². The molecule has 0 bridgehead atoms. The predicted octanol–water partition coefficient (Wildman–Crippen LogP) is 21.5. The van der Waals surface area contributed by atoms with Crippen molar-refractivity contribution in [3.63, 3.8) is 0 Å². The molecule has 1 aromatic heterocycles. The highest BCUT2D eigenvalue weighted by atomic mass is 15.0. The Morgan fingerprint density at radius 2 is 0.718 bits per heavy atom. The Morgan fingerprint density at radius 3 is 1.09 bits per heavy atom. The Labute approximate surface area is 468 Å². The van der Waals surface area contributed by atoms with Crippen molar-refractivity contribution in [2.75, 3.05) is 5.32 Å². The highest BCUT2D eigenvalue weighted by Gasteiger charge is 2.13. The van der Waals surface area contributed by atoms with Crippen LogP contribution in [-0.2, 0) is 32.1 Å². The van der Waals surface area contributed by atoms with E-state index in [2.05, 4.69) is 250 Å². The minimum Gasteiger partial charge on any atom is -0.356 e. The van der Waals surface area contributed by atoms with Gasteiger partial charge in [0.1, 0.15) is 0 Å². The van der Waals surface area contributed by atoms with Crippen molar-refractivity contribution < 1.29 is 0 Å². The maximum atomic E-state index is 3.90. The third-order valence-electron chi connectivity index (χ3n) is 13.8. The topological polar surface area (TPSA) is 17.0 Å². The first kappa shape index (κ1) is 58.5. The molecule has 10 rings (SSSR count). The Kier molecular flexibility index (Phi) is 23.5. The van der Waals surface area contributed by atoms with Crippen LogP contribution >= 0.6 is 0 Å². The third kappa shape index (κ3) is 16.9. The van der Waals surface area contributed by atoms with Gasteiger partial charge in [-0.25, -0.2) is 0 Å². The fourth-order valence-corrected chi connectivity index (χ4v) is 9.27. The molecule has 8 aromatic carbocycles. The standard InChI is InChI=1S/C32H33N.C24H19N.C16H16.2C2H6/c1-3-25-5-9-27(10-6-25)13-15-29-17-21-31(22-18-29)33-32-23-19-30(20-24-32)16-14-28-11-7-26(4-2)8-12-28;1-4-17-7-11-20(12-8-17)25-23-13-9-18(5-2)15-21(23)22-16-19(6-3)10-14-24(22)25;1-2-14-8-10-16(11-9-14)13-12-15-6-4-3-5-7-15;2*1-2/h3-7,9-11,17-24,33H,1-2,8,12-16H2;4-16H,1-3H2;2-11H,1,12-13H2;2*1-2H3. The number of hydrogen-bond acceptors (Lipinski definition) is 1. The normalized spacial score (nSPS) is 11.2.